The average molecular weight is 554 g/mol. The Labute approximate surface area is 198 Å². The summed E-state index contributed by atoms with van der Waals surface area (Å²) >= 11 is 0. The second-order valence-corrected chi connectivity index (χ2v) is 14.1. The molecule has 0 aromatic rings. The van der Waals surface area contributed by atoms with Gasteiger partial charge in [0.2, 0.25) is 17.1 Å². The summed E-state index contributed by atoms with van der Waals surface area (Å²) in [4.78, 5) is 0. The molecule has 206 valence electrons. The zero-order chi connectivity index (χ0) is 28.2. The van der Waals surface area contributed by atoms with Crippen molar-refractivity contribution in [2.45, 2.75) is 118 Å². The molecule has 8 unspecified atom stereocenters. The zero-order valence-electron chi connectivity index (χ0n) is 20.5. The van der Waals surface area contributed by atoms with E-state index in [0.717, 1.165) is 0 Å². The number of hydrogen-bond donors (Lipinski definition) is 2. The van der Waals surface area contributed by atoms with Gasteiger partial charge in [-0.25, -0.2) is 34.8 Å². The molecule has 14 heteroatoms. The number of hydrogen-bond acceptors (Lipinski definition) is 4. The van der Waals surface area contributed by atoms with E-state index in [1.165, 1.54) is 16.2 Å². The molecule has 0 heterocycles. The summed E-state index contributed by atoms with van der Waals surface area (Å²) in [6.45, 7) is 1.57. The Morgan fingerprint density at radius 1 is 0.794 bits per heavy atom. The Balaban J connectivity index is 7.01. The van der Waals surface area contributed by atoms with Gasteiger partial charge in [0, 0.05) is 6.61 Å². The molecule has 0 aliphatic rings. The Hall–Kier alpha value is -0.260. The molecular formula is C20H36F8NO3PS. The highest BCUT2D eigenvalue weighted by Gasteiger charge is 2.83. The number of aliphatic hydroxyl groups excluding tert-OH is 1. The second-order valence-electron chi connectivity index (χ2n) is 9.97. The highest BCUT2D eigenvalue weighted by Crippen LogP contribution is 2.60. The summed E-state index contributed by atoms with van der Waals surface area (Å²) in [6.07, 6.45) is -0.662. The van der Waals surface area contributed by atoms with Crippen molar-refractivity contribution in [3.05, 3.63) is 0 Å². The summed E-state index contributed by atoms with van der Waals surface area (Å²) in [5.74, 6) is -10.8. The lowest BCUT2D eigenvalue weighted by molar-refractivity contribution is -0.308. The fourth-order valence-electron chi connectivity index (χ4n) is 3.66. The minimum Gasteiger partial charge on any atom is -0.396 e. The molecule has 0 saturated heterocycles. The molecule has 3 N–H and O–H groups in total. The van der Waals surface area contributed by atoms with Gasteiger partial charge in [-0.2, -0.15) is 8.78 Å². The predicted octanol–water partition coefficient (Wildman–Crippen LogP) is 5.07. The fourth-order valence-corrected chi connectivity index (χ4v) is 6.68. The Kier molecular flexibility index (Phi) is 9.17. The van der Waals surface area contributed by atoms with Crippen LogP contribution < -0.4 is 5.73 Å². The molecule has 0 aromatic heterocycles. The van der Waals surface area contributed by atoms with Gasteiger partial charge in [-0.15, -0.1) is 9.24 Å². The van der Waals surface area contributed by atoms with Crippen molar-refractivity contribution in [3.63, 3.8) is 0 Å². The van der Waals surface area contributed by atoms with Crippen molar-refractivity contribution >= 4 is 19.1 Å². The molecule has 0 aliphatic heterocycles. The SMILES string of the molecule is CCC(CCO)S(=O)(=O)C(C)(P)C(C)(F)C(N)(F)C(C)(F)C(F)(F)C(C)(F)C(C)(F)C(C)(C)F. The van der Waals surface area contributed by atoms with Gasteiger partial charge in [0.25, 0.3) is 0 Å². The molecule has 0 spiro atoms. The second kappa shape index (κ2) is 9.24. The topological polar surface area (TPSA) is 80.4 Å². The van der Waals surface area contributed by atoms with Gasteiger partial charge in [-0.3, -0.25) is 5.73 Å². The van der Waals surface area contributed by atoms with E-state index in [1.807, 2.05) is 0 Å². The number of sulfone groups is 1. The van der Waals surface area contributed by atoms with Gasteiger partial charge in [0.1, 0.15) is 10.2 Å². The minimum atomic E-state index is -5.83. The summed E-state index contributed by atoms with van der Waals surface area (Å²) in [6, 6.07) is 0. The molecule has 8 atom stereocenters. The van der Waals surface area contributed by atoms with Gasteiger partial charge in [0.15, 0.2) is 21.2 Å². The zero-order valence-corrected chi connectivity index (χ0v) is 22.5. The van der Waals surface area contributed by atoms with Gasteiger partial charge in [-0.05, 0) is 61.3 Å². The number of aliphatic hydroxyl groups is 1. The maximum Gasteiger partial charge on any atom is 0.322 e. The van der Waals surface area contributed by atoms with E-state index in [4.69, 9.17) is 10.8 Å². The van der Waals surface area contributed by atoms with E-state index >= 15 is 26.3 Å². The molecular weight excluding hydrogens is 517 g/mol. The largest absolute Gasteiger partial charge is 0.396 e. The van der Waals surface area contributed by atoms with Crippen LogP contribution in [-0.4, -0.2) is 69.9 Å². The number of alkyl halides is 8. The van der Waals surface area contributed by atoms with Crippen LogP contribution in [0.2, 0.25) is 0 Å². The van der Waals surface area contributed by atoms with Crippen molar-refractivity contribution < 1.29 is 48.6 Å². The summed E-state index contributed by atoms with van der Waals surface area (Å²) in [7, 11) is -3.47. The maximum absolute atomic E-state index is 16.0. The molecule has 4 nitrogen and oxygen atoms in total. The third kappa shape index (κ3) is 4.38. The van der Waals surface area contributed by atoms with E-state index in [2.05, 4.69) is 0 Å². The third-order valence-electron chi connectivity index (χ3n) is 7.41. The summed E-state index contributed by atoms with van der Waals surface area (Å²) in [5, 5.41) is 7.59. The molecule has 0 amide bonds. The average Bonchev–Trinajstić information content (AvgIpc) is 2.63. The maximum atomic E-state index is 16.0. The smallest absolute Gasteiger partial charge is 0.322 e. The van der Waals surface area contributed by atoms with Gasteiger partial charge in [-0.1, -0.05) is 6.92 Å². The number of rotatable bonds is 12. The molecule has 0 rings (SSSR count). The van der Waals surface area contributed by atoms with E-state index in [0.29, 0.717) is 20.8 Å². The van der Waals surface area contributed by atoms with Gasteiger partial charge >= 0.3 is 5.92 Å². The van der Waals surface area contributed by atoms with Gasteiger partial charge < -0.3 is 5.11 Å². The van der Waals surface area contributed by atoms with Crippen molar-refractivity contribution in [1.82, 2.24) is 0 Å². The van der Waals surface area contributed by atoms with Crippen molar-refractivity contribution in [1.29, 1.82) is 0 Å². The Morgan fingerprint density at radius 3 is 1.47 bits per heavy atom. The molecule has 34 heavy (non-hydrogen) atoms. The Bertz CT molecular complexity index is 837. The summed E-state index contributed by atoms with van der Waals surface area (Å²) in [5.41, 5.74) is -16.5. The van der Waals surface area contributed by atoms with Crippen LogP contribution >= 0.6 is 9.24 Å². The van der Waals surface area contributed by atoms with E-state index in [1.54, 1.807) is 0 Å². The Morgan fingerprint density at radius 2 is 1.18 bits per heavy atom. The van der Waals surface area contributed by atoms with E-state index < -0.39 is 72.7 Å². The lowest BCUT2D eigenvalue weighted by Gasteiger charge is -2.54. The number of halogens is 8. The predicted molar refractivity (Wildman–Crippen MR) is 119 cm³/mol. The van der Waals surface area contributed by atoms with E-state index in [9.17, 15) is 17.2 Å². The molecule has 0 saturated carbocycles. The lowest BCUT2D eigenvalue weighted by atomic mass is 9.67. The number of nitrogens with two attached hydrogens (primary N) is 1. The highest BCUT2D eigenvalue weighted by molar-refractivity contribution is 7.97. The van der Waals surface area contributed by atoms with Crippen molar-refractivity contribution in [2.24, 2.45) is 5.73 Å². The van der Waals surface area contributed by atoms with Crippen LogP contribution in [0.3, 0.4) is 0 Å². The van der Waals surface area contributed by atoms with Gasteiger partial charge in [0.05, 0.1) is 5.25 Å². The first-order chi connectivity index (χ1) is 14.5. The van der Waals surface area contributed by atoms with Crippen LogP contribution in [0.25, 0.3) is 0 Å². The first kappa shape index (κ1) is 33.7. The lowest BCUT2D eigenvalue weighted by Crippen LogP contribution is -2.80. The molecule has 0 aliphatic carbocycles. The first-order valence-corrected chi connectivity index (χ1v) is 12.6. The fraction of sp³-hybridized carbons (Fsp3) is 1.00. The van der Waals surface area contributed by atoms with E-state index in [-0.39, 0.29) is 34.1 Å². The minimum absolute atomic E-state index is 0.0625. The van der Waals surface area contributed by atoms with Crippen LogP contribution in [0.5, 0.6) is 0 Å². The highest BCUT2D eigenvalue weighted by atomic mass is 32.2. The van der Waals surface area contributed by atoms with Crippen molar-refractivity contribution in [3.8, 4) is 0 Å². The quantitative estimate of drug-likeness (QED) is 0.201. The van der Waals surface area contributed by atoms with Crippen LogP contribution in [0.15, 0.2) is 0 Å². The third-order valence-corrected chi connectivity index (χ3v) is 12.0. The monoisotopic (exact) mass is 553 g/mol. The standard InChI is InChI=1S/C20H36F8NO3PS/c1-9-12(10-11-30)34(31,32)18(8,33)16(6,24)20(28,29)17(7,25)19(26,27)15(5,23)14(4,22)13(2,3)21/h12,30H,9-11,29,33H2,1-8H3. The first-order valence-electron chi connectivity index (χ1n) is 10.5. The van der Waals surface area contributed by atoms with Crippen LogP contribution in [-0.2, 0) is 9.84 Å². The van der Waals surface area contributed by atoms with Crippen LogP contribution in [0, 0.1) is 0 Å². The molecule has 0 bridgehead atoms. The van der Waals surface area contributed by atoms with Crippen LogP contribution in [0.4, 0.5) is 35.1 Å². The van der Waals surface area contributed by atoms with Crippen molar-refractivity contribution in [2.75, 3.05) is 6.61 Å². The molecule has 0 fully saturated rings. The normalized spacial score (nSPS) is 25.6. The van der Waals surface area contributed by atoms with Crippen LogP contribution in [0.1, 0.15) is 68.2 Å². The summed E-state index contributed by atoms with van der Waals surface area (Å²) < 4.78 is 145. The molecule has 0 aromatic carbocycles. The molecule has 0 radical (unpaired) electrons.